The van der Waals surface area contributed by atoms with Crippen LogP contribution in [-0.4, -0.2) is 62.5 Å². The minimum absolute atomic E-state index is 0.0376. The van der Waals surface area contributed by atoms with Gasteiger partial charge in [0.2, 0.25) is 11.1 Å². The molecule has 0 unspecified atom stereocenters. The molecule has 162 valence electrons. The maximum absolute atomic E-state index is 14.0. The molecule has 9 heteroatoms. The number of nitrogens with zero attached hydrogens (tertiary/aromatic N) is 5. The van der Waals surface area contributed by atoms with Crippen molar-refractivity contribution in [3.8, 4) is 11.4 Å². The average Bonchev–Trinajstić information content (AvgIpc) is 3.13. The molecule has 4 rings (SSSR count). The van der Waals surface area contributed by atoms with Crippen LogP contribution in [0.4, 0.5) is 4.39 Å². The third-order valence-electron chi connectivity index (χ3n) is 5.32. The Labute approximate surface area is 185 Å². The number of carbonyl (C=O) groups is 1. The van der Waals surface area contributed by atoms with Crippen LogP contribution in [-0.2, 0) is 11.3 Å². The molecule has 1 fully saturated rings. The number of rotatable bonds is 6. The van der Waals surface area contributed by atoms with Crippen LogP contribution in [0.1, 0.15) is 11.1 Å². The normalized spacial score (nSPS) is 14.7. The zero-order chi connectivity index (χ0) is 21.8. The molecule has 1 aliphatic rings. The summed E-state index contributed by atoms with van der Waals surface area (Å²) in [6.45, 7) is 6.07. The minimum atomic E-state index is -0.419. The number of hydrogen-bond acceptors (Lipinski definition) is 6. The van der Waals surface area contributed by atoms with Gasteiger partial charge in [0.15, 0.2) is 5.82 Å². The lowest BCUT2D eigenvalue weighted by Gasteiger charge is -2.34. The predicted molar refractivity (Wildman–Crippen MR) is 119 cm³/mol. The number of amides is 1. The molecule has 0 atom stereocenters. The third-order valence-corrected chi connectivity index (χ3v) is 6.25. The Morgan fingerprint density at radius 1 is 1.10 bits per heavy atom. The second-order valence-corrected chi connectivity index (χ2v) is 8.53. The van der Waals surface area contributed by atoms with Crippen LogP contribution < -0.4 is 5.84 Å². The van der Waals surface area contributed by atoms with Crippen molar-refractivity contribution in [3.05, 3.63) is 65.5 Å². The van der Waals surface area contributed by atoms with E-state index in [1.54, 1.807) is 18.2 Å². The van der Waals surface area contributed by atoms with Crippen LogP contribution in [0.2, 0.25) is 0 Å². The van der Waals surface area contributed by atoms with Gasteiger partial charge in [0, 0.05) is 32.7 Å². The molecule has 1 aromatic heterocycles. The maximum atomic E-state index is 14.0. The van der Waals surface area contributed by atoms with Gasteiger partial charge in [-0.15, -0.1) is 10.2 Å². The van der Waals surface area contributed by atoms with Crippen molar-refractivity contribution >= 4 is 17.7 Å². The van der Waals surface area contributed by atoms with Gasteiger partial charge in [0.1, 0.15) is 5.82 Å². The highest BCUT2D eigenvalue weighted by atomic mass is 32.2. The zero-order valence-electron chi connectivity index (χ0n) is 17.4. The molecule has 0 saturated carbocycles. The van der Waals surface area contributed by atoms with E-state index in [9.17, 15) is 9.18 Å². The number of nitrogen functional groups attached to an aromatic ring is 1. The van der Waals surface area contributed by atoms with Crippen molar-refractivity contribution in [2.24, 2.45) is 0 Å². The minimum Gasteiger partial charge on any atom is -0.339 e. The summed E-state index contributed by atoms with van der Waals surface area (Å²) in [5.41, 5.74) is 2.83. The van der Waals surface area contributed by atoms with Crippen LogP contribution in [0.15, 0.2) is 53.7 Å². The molecule has 0 spiro atoms. The highest BCUT2D eigenvalue weighted by Gasteiger charge is 2.22. The second-order valence-electron chi connectivity index (χ2n) is 7.59. The first-order valence-electron chi connectivity index (χ1n) is 10.1. The highest BCUT2D eigenvalue weighted by Crippen LogP contribution is 2.24. The molecule has 2 aromatic carbocycles. The molecule has 0 radical (unpaired) electrons. The Kier molecular flexibility index (Phi) is 6.53. The molecule has 2 heterocycles. The van der Waals surface area contributed by atoms with Gasteiger partial charge in [0.25, 0.3) is 0 Å². The van der Waals surface area contributed by atoms with E-state index >= 15 is 0 Å². The quantitative estimate of drug-likeness (QED) is 0.469. The van der Waals surface area contributed by atoms with Crippen molar-refractivity contribution in [1.82, 2.24) is 24.7 Å². The molecule has 0 bridgehead atoms. The zero-order valence-corrected chi connectivity index (χ0v) is 18.2. The fraction of sp³-hybridized carbons (Fsp3) is 0.318. The Balaban J connectivity index is 1.29. The fourth-order valence-corrected chi connectivity index (χ4v) is 4.40. The summed E-state index contributed by atoms with van der Waals surface area (Å²) in [4.78, 5) is 16.9. The largest absolute Gasteiger partial charge is 0.339 e. The number of benzene rings is 2. The summed E-state index contributed by atoms with van der Waals surface area (Å²) < 4.78 is 15.2. The molecule has 0 aliphatic carbocycles. The number of aryl methyl sites for hydroxylation is 1. The van der Waals surface area contributed by atoms with Crippen LogP contribution >= 0.6 is 11.8 Å². The van der Waals surface area contributed by atoms with Gasteiger partial charge in [-0.3, -0.25) is 9.69 Å². The third kappa shape index (κ3) is 5.05. The van der Waals surface area contributed by atoms with Crippen molar-refractivity contribution in [2.75, 3.05) is 37.8 Å². The number of carbonyl (C=O) groups excluding carboxylic acids is 1. The van der Waals surface area contributed by atoms with Gasteiger partial charge in [-0.05, 0) is 24.6 Å². The molecule has 31 heavy (non-hydrogen) atoms. The smallest absolute Gasteiger partial charge is 0.233 e. The molecule has 1 saturated heterocycles. The fourth-order valence-electron chi connectivity index (χ4n) is 3.64. The van der Waals surface area contributed by atoms with E-state index < -0.39 is 5.82 Å². The van der Waals surface area contributed by atoms with Crippen molar-refractivity contribution in [1.29, 1.82) is 0 Å². The summed E-state index contributed by atoms with van der Waals surface area (Å²) in [5, 5.41) is 8.39. The number of piperazine rings is 1. The van der Waals surface area contributed by atoms with Crippen molar-refractivity contribution in [3.63, 3.8) is 0 Å². The molecule has 7 nitrogen and oxygen atoms in total. The number of thioether (sulfide) groups is 1. The van der Waals surface area contributed by atoms with Crippen LogP contribution in [0.5, 0.6) is 0 Å². The highest BCUT2D eigenvalue weighted by molar-refractivity contribution is 7.99. The average molecular weight is 441 g/mol. The number of aromatic nitrogens is 3. The first-order valence-corrected chi connectivity index (χ1v) is 11.1. The van der Waals surface area contributed by atoms with Crippen molar-refractivity contribution in [2.45, 2.75) is 18.6 Å². The summed E-state index contributed by atoms with van der Waals surface area (Å²) in [7, 11) is 0. The molecule has 1 amide bonds. The van der Waals surface area contributed by atoms with E-state index in [4.69, 9.17) is 5.84 Å². The monoisotopic (exact) mass is 440 g/mol. The molecule has 2 N–H and O–H groups in total. The maximum Gasteiger partial charge on any atom is 0.233 e. The van der Waals surface area contributed by atoms with Gasteiger partial charge in [-0.1, -0.05) is 53.7 Å². The van der Waals surface area contributed by atoms with E-state index in [1.165, 1.54) is 33.6 Å². The van der Waals surface area contributed by atoms with Crippen LogP contribution in [0, 0.1) is 12.7 Å². The first-order chi connectivity index (χ1) is 15.0. The van der Waals surface area contributed by atoms with Gasteiger partial charge in [-0.25, -0.2) is 9.07 Å². The predicted octanol–water partition coefficient (Wildman–Crippen LogP) is 2.54. The Bertz CT molecular complexity index is 1060. The van der Waals surface area contributed by atoms with E-state index in [-0.39, 0.29) is 23.0 Å². The van der Waals surface area contributed by atoms with Gasteiger partial charge >= 0.3 is 0 Å². The Morgan fingerprint density at radius 3 is 2.61 bits per heavy atom. The lowest BCUT2D eigenvalue weighted by atomic mass is 10.1. The standard InChI is InChI=1S/C22H25FN6OS/c1-16-5-4-6-17(13-16)14-27-9-11-28(12-10-27)20(30)15-31-22-26-25-21(29(22)24)18-7-2-3-8-19(18)23/h2-8,13H,9-12,14-15,24H2,1H3. The summed E-state index contributed by atoms with van der Waals surface area (Å²) in [5.74, 6) is 6.11. The van der Waals surface area contributed by atoms with E-state index in [2.05, 4.69) is 46.3 Å². The Hall–Kier alpha value is -2.91. The lowest BCUT2D eigenvalue weighted by Crippen LogP contribution is -2.48. The number of hydrogen-bond donors (Lipinski definition) is 1. The van der Waals surface area contributed by atoms with E-state index in [0.717, 1.165) is 19.6 Å². The summed E-state index contributed by atoms with van der Waals surface area (Å²) in [6, 6.07) is 14.8. The number of nitrogens with two attached hydrogens (primary N) is 1. The second kappa shape index (κ2) is 9.49. The molecule has 3 aromatic rings. The van der Waals surface area contributed by atoms with E-state index in [1.807, 2.05) is 4.90 Å². The SMILES string of the molecule is Cc1cccc(CN2CCN(C(=O)CSc3nnc(-c4ccccc4F)n3N)CC2)c1. The molecule has 1 aliphatic heterocycles. The molecular formula is C22H25FN6OS. The van der Waals surface area contributed by atoms with Gasteiger partial charge < -0.3 is 10.7 Å². The van der Waals surface area contributed by atoms with E-state index in [0.29, 0.717) is 18.2 Å². The van der Waals surface area contributed by atoms with Crippen molar-refractivity contribution < 1.29 is 9.18 Å². The Morgan fingerprint density at radius 2 is 1.87 bits per heavy atom. The first kappa shape index (κ1) is 21.3. The topological polar surface area (TPSA) is 80.3 Å². The lowest BCUT2D eigenvalue weighted by molar-refractivity contribution is -0.130. The van der Waals surface area contributed by atoms with Gasteiger partial charge in [0.05, 0.1) is 11.3 Å². The summed E-state index contributed by atoms with van der Waals surface area (Å²) in [6.07, 6.45) is 0. The summed E-state index contributed by atoms with van der Waals surface area (Å²) >= 11 is 1.21. The van der Waals surface area contributed by atoms with Crippen LogP contribution in [0.3, 0.4) is 0 Å². The van der Waals surface area contributed by atoms with Gasteiger partial charge in [-0.2, -0.15) is 0 Å². The number of halogens is 1. The van der Waals surface area contributed by atoms with Crippen LogP contribution in [0.25, 0.3) is 11.4 Å². The molecular weight excluding hydrogens is 415 g/mol.